The first kappa shape index (κ1) is 27.1. The quantitative estimate of drug-likeness (QED) is 0.527. The molecule has 0 saturated heterocycles. The lowest BCUT2D eigenvalue weighted by atomic mass is 9.53. The van der Waals surface area contributed by atoms with E-state index in [4.69, 9.17) is 9.90 Å². The van der Waals surface area contributed by atoms with Crippen molar-refractivity contribution in [3.8, 4) is 0 Å². The van der Waals surface area contributed by atoms with Gasteiger partial charge in [-0.15, -0.1) is 0 Å². The molecule has 2 rings (SSSR count). The predicted molar refractivity (Wildman–Crippen MR) is 114 cm³/mol. The monoisotopic (exact) mass is 461 g/mol. The second-order valence-electron chi connectivity index (χ2n) is 8.59. The van der Waals surface area contributed by atoms with E-state index in [-0.39, 0.29) is 29.3 Å². The minimum absolute atomic E-state index is 0.0945. The number of halogens is 3. The Kier molecular flexibility index (Phi) is 8.53. The molecule has 1 aromatic carbocycles. The third-order valence-corrected chi connectivity index (χ3v) is 5.88. The number of urea groups is 1. The number of carbonyl (C=O) groups is 3. The van der Waals surface area contributed by atoms with Crippen LogP contribution in [0, 0.1) is 24.2 Å². The van der Waals surface area contributed by atoms with Crippen molar-refractivity contribution in [3.63, 3.8) is 0 Å². The lowest BCUT2D eigenvalue weighted by molar-refractivity contribution is -0.192. The molecule has 32 heavy (non-hydrogen) atoms. The van der Waals surface area contributed by atoms with Gasteiger partial charge in [0, 0.05) is 31.5 Å². The molecule has 1 aliphatic carbocycles. The van der Waals surface area contributed by atoms with Gasteiger partial charge in [-0.1, -0.05) is 19.9 Å². The second-order valence-corrected chi connectivity index (χ2v) is 8.59. The molecular formula is C21H30F3N3O5. The molecule has 8 nitrogen and oxygen atoms in total. The number of benzene rings is 1. The normalized spacial score (nSPS) is 20.0. The lowest BCUT2D eigenvalue weighted by Crippen LogP contribution is -2.57. The third kappa shape index (κ3) is 6.51. The fourth-order valence-electron chi connectivity index (χ4n) is 3.94. The van der Waals surface area contributed by atoms with Crippen molar-refractivity contribution in [1.82, 2.24) is 5.32 Å². The van der Waals surface area contributed by atoms with Gasteiger partial charge in [0.2, 0.25) is 0 Å². The smallest absolute Gasteiger partial charge is 0.481 e. The SMILES string of the molecule is Cc1c(NC(=O)NC(C)[C@@H]2C[C@H](C(=O)O)C2(C)C)cccc1N(C)C.O=C(O)C(F)(F)F. The molecule has 1 aliphatic rings. The first-order valence-corrected chi connectivity index (χ1v) is 9.87. The Bertz CT molecular complexity index is 856. The molecule has 0 spiro atoms. The van der Waals surface area contributed by atoms with Crippen LogP contribution in [0.5, 0.6) is 0 Å². The maximum Gasteiger partial charge on any atom is 0.490 e. The van der Waals surface area contributed by atoms with Crippen LogP contribution < -0.4 is 15.5 Å². The summed E-state index contributed by atoms with van der Waals surface area (Å²) in [5.41, 5.74) is 2.51. The molecular weight excluding hydrogens is 431 g/mol. The first-order valence-electron chi connectivity index (χ1n) is 9.87. The summed E-state index contributed by atoms with van der Waals surface area (Å²) in [5, 5.41) is 22.2. The molecule has 0 radical (unpaired) electrons. The molecule has 0 bridgehead atoms. The number of anilines is 2. The van der Waals surface area contributed by atoms with Crippen molar-refractivity contribution < 1.29 is 37.8 Å². The summed E-state index contributed by atoms with van der Waals surface area (Å²) in [5.74, 6) is -3.71. The van der Waals surface area contributed by atoms with E-state index >= 15 is 0 Å². The average molecular weight is 461 g/mol. The van der Waals surface area contributed by atoms with Gasteiger partial charge in [-0.3, -0.25) is 4.79 Å². The van der Waals surface area contributed by atoms with E-state index in [1.54, 1.807) is 0 Å². The molecule has 1 fully saturated rings. The second kappa shape index (κ2) is 10.1. The Morgan fingerprint density at radius 3 is 2.12 bits per heavy atom. The van der Waals surface area contributed by atoms with Crippen LogP contribution >= 0.6 is 0 Å². The number of aliphatic carboxylic acids is 2. The van der Waals surface area contributed by atoms with Crippen LogP contribution in [0.2, 0.25) is 0 Å². The van der Waals surface area contributed by atoms with Gasteiger partial charge in [-0.25, -0.2) is 9.59 Å². The largest absolute Gasteiger partial charge is 0.490 e. The summed E-state index contributed by atoms with van der Waals surface area (Å²) in [6.45, 7) is 7.83. The van der Waals surface area contributed by atoms with Crippen LogP contribution in [0.3, 0.4) is 0 Å². The Morgan fingerprint density at radius 1 is 1.19 bits per heavy atom. The van der Waals surface area contributed by atoms with Crippen molar-refractivity contribution in [2.24, 2.45) is 17.3 Å². The molecule has 180 valence electrons. The third-order valence-electron chi connectivity index (χ3n) is 5.88. The van der Waals surface area contributed by atoms with E-state index in [0.29, 0.717) is 6.42 Å². The van der Waals surface area contributed by atoms with Gasteiger partial charge >= 0.3 is 24.1 Å². The number of carbonyl (C=O) groups excluding carboxylic acids is 1. The Hall–Kier alpha value is -2.98. The molecule has 11 heteroatoms. The fraction of sp³-hybridized carbons (Fsp3) is 0.571. The zero-order valence-electron chi connectivity index (χ0n) is 18.9. The Labute approximate surface area is 184 Å². The van der Waals surface area contributed by atoms with Crippen molar-refractivity contribution in [2.45, 2.75) is 46.3 Å². The van der Waals surface area contributed by atoms with Gasteiger partial charge < -0.3 is 25.7 Å². The minimum atomic E-state index is -5.08. The summed E-state index contributed by atoms with van der Waals surface area (Å²) < 4.78 is 31.7. The molecule has 1 aromatic rings. The van der Waals surface area contributed by atoms with Gasteiger partial charge in [0.1, 0.15) is 0 Å². The maximum atomic E-state index is 12.4. The van der Waals surface area contributed by atoms with Gasteiger partial charge in [0.25, 0.3) is 0 Å². The van der Waals surface area contributed by atoms with Gasteiger partial charge in [0.05, 0.1) is 5.92 Å². The molecule has 4 N–H and O–H groups in total. The van der Waals surface area contributed by atoms with Crippen molar-refractivity contribution >= 4 is 29.3 Å². The van der Waals surface area contributed by atoms with E-state index in [2.05, 4.69) is 10.6 Å². The van der Waals surface area contributed by atoms with Crippen LogP contribution in [-0.4, -0.2) is 54.5 Å². The number of nitrogens with zero attached hydrogens (tertiary/aromatic N) is 1. The maximum absolute atomic E-state index is 12.4. The van der Waals surface area contributed by atoms with Crippen LogP contribution in [0.4, 0.5) is 29.3 Å². The Balaban J connectivity index is 0.000000633. The van der Waals surface area contributed by atoms with Crippen molar-refractivity contribution in [1.29, 1.82) is 0 Å². The number of hydrogen-bond acceptors (Lipinski definition) is 4. The van der Waals surface area contributed by atoms with Crippen LogP contribution in [0.25, 0.3) is 0 Å². The predicted octanol–water partition coefficient (Wildman–Crippen LogP) is 3.95. The highest BCUT2D eigenvalue weighted by Gasteiger charge is 2.53. The molecule has 0 heterocycles. The molecule has 1 saturated carbocycles. The standard InChI is InChI=1S/C19H29N3O3.C2HF3O2/c1-11-15(8-7-9-16(11)22(5)6)21-18(25)20-12(2)13-10-14(17(23)24)19(13,3)4;3-2(4,5)1(6)7/h7-9,12-14H,10H2,1-6H3,(H,23,24)(H2,20,21,25);(H,6,7)/t12?,13-,14+;/m0./s1. The van der Waals surface area contributed by atoms with Gasteiger partial charge in [-0.05, 0) is 49.3 Å². The van der Waals surface area contributed by atoms with Gasteiger partial charge in [-0.2, -0.15) is 13.2 Å². The summed E-state index contributed by atoms with van der Waals surface area (Å²) in [6, 6.07) is 5.43. The zero-order chi connectivity index (χ0) is 25.0. The van der Waals surface area contributed by atoms with Crippen LogP contribution in [0.1, 0.15) is 32.8 Å². The number of amides is 2. The summed E-state index contributed by atoms with van der Waals surface area (Å²) in [6.07, 6.45) is -4.49. The summed E-state index contributed by atoms with van der Waals surface area (Å²) in [7, 11) is 3.93. The number of nitrogens with one attached hydrogen (secondary N) is 2. The number of hydrogen-bond donors (Lipinski definition) is 4. The molecule has 0 aromatic heterocycles. The highest BCUT2D eigenvalue weighted by Crippen LogP contribution is 2.52. The Morgan fingerprint density at radius 2 is 1.72 bits per heavy atom. The molecule has 1 unspecified atom stereocenters. The zero-order valence-corrected chi connectivity index (χ0v) is 18.9. The number of carboxylic acid groups (broad SMARTS) is 2. The number of alkyl halides is 3. The summed E-state index contributed by atoms with van der Waals surface area (Å²) in [4.78, 5) is 34.5. The van der Waals surface area contributed by atoms with Crippen molar-refractivity contribution in [2.75, 3.05) is 24.3 Å². The lowest BCUT2D eigenvalue weighted by Gasteiger charge is -2.52. The topological polar surface area (TPSA) is 119 Å². The average Bonchev–Trinajstić information content (AvgIpc) is 2.61. The first-order chi connectivity index (χ1) is 14.5. The summed E-state index contributed by atoms with van der Waals surface area (Å²) >= 11 is 0. The minimum Gasteiger partial charge on any atom is -0.481 e. The van der Waals surface area contributed by atoms with E-state index in [1.807, 2.05) is 64.9 Å². The van der Waals surface area contributed by atoms with E-state index in [9.17, 15) is 27.9 Å². The number of carboxylic acids is 2. The van der Waals surface area contributed by atoms with Gasteiger partial charge in [0.15, 0.2) is 0 Å². The molecule has 2 amide bonds. The van der Waals surface area contributed by atoms with E-state index < -0.39 is 18.1 Å². The van der Waals surface area contributed by atoms with E-state index in [1.165, 1.54) is 0 Å². The van der Waals surface area contributed by atoms with Crippen LogP contribution in [0.15, 0.2) is 18.2 Å². The molecule has 0 aliphatic heterocycles. The molecule has 3 atom stereocenters. The number of rotatable bonds is 5. The van der Waals surface area contributed by atoms with Crippen LogP contribution in [-0.2, 0) is 9.59 Å². The van der Waals surface area contributed by atoms with Crippen molar-refractivity contribution in [3.05, 3.63) is 23.8 Å². The highest BCUT2D eigenvalue weighted by atomic mass is 19.4. The fourth-order valence-corrected chi connectivity index (χ4v) is 3.94. The van der Waals surface area contributed by atoms with E-state index in [0.717, 1.165) is 16.9 Å². The highest BCUT2D eigenvalue weighted by molar-refractivity contribution is 5.91.